The highest BCUT2D eigenvalue weighted by molar-refractivity contribution is 5.98. The number of fused-ring (bicyclic) bond motifs is 1. The topological polar surface area (TPSA) is 69.4 Å². The van der Waals surface area contributed by atoms with Crippen LogP contribution in [0.2, 0.25) is 0 Å². The number of esters is 1. The molecule has 0 aliphatic carbocycles. The van der Waals surface area contributed by atoms with Gasteiger partial charge in [-0.3, -0.25) is 4.79 Å². The first-order valence-corrected chi connectivity index (χ1v) is 8.36. The molecule has 26 heavy (non-hydrogen) atoms. The number of nitrogens with zero attached hydrogens (tertiary/aromatic N) is 1. The van der Waals surface area contributed by atoms with E-state index in [1.54, 1.807) is 18.2 Å². The molecule has 132 valence electrons. The molecule has 0 atom stereocenters. The third-order valence-corrected chi connectivity index (χ3v) is 3.92. The van der Waals surface area contributed by atoms with E-state index in [1.165, 1.54) is 12.2 Å². The molecule has 0 aliphatic rings. The van der Waals surface area contributed by atoms with E-state index in [-0.39, 0.29) is 12.4 Å². The Kier molecular flexibility index (Phi) is 5.27. The molecule has 0 amide bonds. The van der Waals surface area contributed by atoms with Gasteiger partial charge < -0.3 is 9.15 Å². The molecule has 1 heterocycles. The maximum absolute atomic E-state index is 12.1. The Bertz CT molecular complexity index is 919. The molecule has 0 bridgehead atoms. The average Bonchev–Trinajstić information content (AvgIpc) is 3.07. The fraction of sp³-hybridized carbons (Fsp3) is 0.190. The number of carbonyl (C=O) groups excluding carboxylic acids is 2. The van der Waals surface area contributed by atoms with Gasteiger partial charge in [-0.25, -0.2) is 9.78 Å². The standard InChI is InChI=1S/C21H19NO4/c1-14(2)15-7-9-16(10-8-15)18(23)13-25-21(24)12-11-20-22-17-5-3-4-6-19(17)26-20/h3-12,14H,13H2,1-2H3/b12-11+. The van der Waals surface area contributed by atoms with Crippen LogP contribution in [0.15, 0.2) is 59.0 Å². The molecule has 0 radical (unpaired) electrons. The lowest BCUT2D eigenvalue weighted by Gasteiger charge is -2.06. The van der Waals surface area contributed by atoms with E-state index in [4.69, 9.17) is 9.15 Å². The molecule has 3 rings (SSSR count). The fourth-order valence-corrected chi connectivity index (χ4v) is 2.42. The summed E-state index contributed by atoms with van der Waals surface area (Å²) in [6, 6.07) is 14.6. The van der Waals surface area contributed by atoms with Gasteiger partial charge in [0.25, 0.3) is 0 Å². The molecule has 1 aromatic heterocycles. The molecule has 0 saturated heterocycles. The second-order valence-corrected chi connectivity index (χ2v) is 6.16. The van der Waals surface area contributed by atoms with Crippen molar-refractivity contribution in [2.24, 2.45) is 0 Å². The zero-order valence-corrected chi connectivity index (χ0v) is 14.6. The van der Waals surface area contributed by atoms with Crippen LogP contribution in [0.5, 0.6) is 0 Å². The summed E-state index contributed by atoms with van der Waals surface area (Å²) in [4.78, 5) is 28.1. The molecule has 0 unspecified atom stereocenters. The minimum atomic E-state index is -0.626. The van der Waals surface area contributed by atoms with Gasteiger partial charge in [0.2, 0.25) is 5.89 Å². The Balaban J connectivity index is 1.55. The maximum Gasteiger partial charge on any atom is 0.331 e. The summed E-state index contributed by atoms with van der Waals surface area (Å²) in [5.41, 5.74) is 3.02. The Hall–Kier alpha value is -3.21. The molecular weight excluding hydrogens is 330 g/mol. The summed E-state index contributed by atoms with van der Waals surface area (Å²) in [6.45, 7) is 3.86. The number of hydrogen-bond donors (Lipinski definition) is 0. The number of aromatic nitrogens is 1. The number of para-hydroxylation sites is 2. The SMILES string of the molecule is CC(C)c1ccc(C(=O)COC(=O)/C=C/c2nc3ccccc3o2)cc1. The summed E-state index contributed by atoms with van der Waals surface area (Å²) in [6.07, 6.45) is 2.62. The predicted octanol–water partition coefficient (Wildman–Crippen LogP) is 4.39. The number of hydrogen-bond acceptors (Lipinski definition) is 5. The zero-order valence-electron chi connectivity index (χ0n) is 14.6. The van der Waals surface area contributed by atoms with Gasteiger partial charge in [-0.05, 0) is 23.6 Å². The van der Waals surface area contributed by atoms with Crippen molar-refractivity contribution in [3.05, 3.63) is 71.6 Å². The van der Waals surface area contributed by atoms with E-state index in [2.05, 4.69) is 18.8 Å². The third-order valence-electron chi connectivity index (χ3n) is 3.92. The molecule has 0 aliphatic heterocycles. The largest absolute Gasteiger partial charge is 0.454 e. The Morgan fingerprint density at radius 1 is 1.12 bits per heavy atom. The fourth-order valence-electron chi connectivity index (χ4n) is 2.42. The molecule has 3 aromatic rings. The van der Waals surface area contributed by atoms with Crippen LogP contribution in [-0.2, 0) is 9.53 Å². The molecule has 0 spiro atoms. The van der Waals surface area contributed by atoms with E-state index in [0.29, 0.717) is 28.5 Å². The van der Waals surface area contributed by atoms with Crippen molar-refractivity contribution in [2.45, 2.75) is 19.8 Å². The highest BCUT2D eigenvalue weighted by Crippen LogP contribution is 2.16. The average molecular weight is 349 g/mol. The van der Waals surface area contributed by atoms with Gasteiger partial charge in [0.1, 0.15) is 5.52 Å². The Morgan fingerprint density at radius 3 is 2.54 bits per heavy atom. The summed E-state index contributed by atoms with van der Waals surface area (Å²) in [5.74, 6) is -0.170. The number of oxazole rings is 1. The van der Waals surface area contributed by atoms with Crippen LogP contribution in [0.25, 0.3) is 17.2 Å². The van der Waals surface area contributed by atoms with Crippen LogP contribution < -0.4 is 0 Å². The Labute approximate surface area is 151 Å². The Morgan fingerprint density at radius 2 is 1.85 bits per heavy atom. The lowest BCUT2D eigenvalue weighted by Crippen LogP contribution is -2.12. The molecule has 5 nitrogen and oxygen atoms in total. The van der Waals surface area contributed by atoms with E-state index in [1.807, 2.05) is 30.3 Å². The predicted molar refractivity (Wildman–Crippen MR) is 98.9 cm³/mol. The second kappa shape index (κ2) is 7.78. The smallest absolute Gasteiger partial charge is 0.331 e. The van der Waals surface area contributed by atoms with Gasteiger partial charge in [-0.15, -0.1) is 0 Å². The van der Waals surface area contributed by atoms with Crippen LogP contribution in [0, 0.1) is 0 Å². The van der Waals surface area contributed by atoms with E-state index in [0.717, 1.165) is 5.56 Å². The molecule has 0 N–H and O–H groups in total. The van der Waals surface area contributed by atoms with E-state index < -0.39 is 5.97 Å². The summed E-state index contributed by atoms with van der Waals surface area (Å²) >= 11 is 0. The molecular formula is C21H19NO4. The highest BCUT2D eigenvalue weighted by Gasteiger charge is 2.09. The summed E-state index contributed by atoms with van der Waals surface area (Å²) < 4.78 is 10.5. The first kappa shape index (κ1) is 17.6. The van der Waals surface area contributed by atoms with Crippen molar-refractivity contribution in [2.75, 3.05) is 6.61 Å². The van der Waals surface area contributed by atoms with Gasteiger partial charge in [0.05, 0.1) is 0 Å². The number of carbonyl (C=O) groups is 2. The summed E-state index contributed by atoms with van der Waals surface area (Å²) in [7, 11) is 0. The number of ether oxygens (including phenoxy) is 1. The van der Waals surface area contributed by atoms with Crippen molar-refractivity contribution in [3.8, 4) is 0 Å². The van der Waals surface area contributed by atoms with Gasteiger partial charge in [-0.1, -0.05) is 50.2 Å². The van der Waals surface area contributed by atoms with Gasteiger partial charge in [0, 0.05) is 17.7 Å². The van der Waals surface area contributed by atoms with Crippen molar-refractivity contribution >= 4 is 28.9 Å². The molecule has 5 heteroatoms. The first-order chi connectivity index (χ1) is 12.5. The number of rotatable bonds is 6. The maximum atomic E-state index is 12.1. The van der Waals surface area contributed by atoms with Crippen LogP contribution in [0.3, 0.4) is 0 Å². The van der Waals surface area contributed by atoms with Crippen LogP contribution in [0.1, 0.15) is 41.6 Å². The van der Waals surface area contributed by atoms with Gasteiger partial charge in [-0.2, -0.15) is 0 Å². The lowest BCUT2D eigenvalue weighted by molar-refractivity contribution is -0.136. The minimum absolute atomic E-state index is 0.246. The van der Waals surface area contributed by atoms with E-state index in [9.17, 15) is 9.59 Å². The number of ketones is 1. The van der Waals surface area contributed by atoms with Crippen molar-refractivity contribution < 1.29 is 18.7 Å². The monoisotopic (exact) mass is 349 g/mol. The van der Waals surface area contributed by atoms with Gasteiger partial charge >= 0.3 is 5.97 Å². The quantitative estimate of drug-likeness (QED) is 0.375. The van der Waals surface area contributed by atoms with Crippen LogP contribution in [0.4, 0.5) is 0 Å². The third kappa shape index (κ3) is 4.25. The van der Waals surface area contributed by atoms with Crippen molar-refractivity contribution in [3.63, 3.8) is 0 Å². The van der Waals surface area contributed by atoms with Crippen LogP contribution >= 0.6 is 0 Å². The van der Waals surface area contributed by atoms with Crippen LogP contribution in [-0.4, -0.2) is 23.3 Å². The highest BCUT2D eigenvalue weighted by atomic mass is 16.5. The number of Topliss-reactive ketones (excluding diaryl/α,β-unsaturated/α-hetero) is 1. The first-order valence-electron chi connectivity index (χ1n) is 8.36. The van der Waals surface area contributed by atoms with E-state index >= 15 is 0 Å². The molecule has 0 fully saturated rings. The second-order valence-electron chi connectivity index (χ2n) is 6.16. The molecule has 0 saturated carbocycles. The summed E-state index contributed by atoms with van der Waals surface area (Å²) in [5, 5.41) is 0. The zero-order chi connectivity index (χ0) is 18.5. The lowest BCUT2D eigenvalue weighted by atomic mass is 10.0. The van der Waals surface area contributed by atoms with Gasteiger partial charge in [0.15, 0.2) is 18.0 Å². The van der Waals surface area contributed by atoms with Crippen molar-refractivity contribution in [1.29, 1.82) is 0 Å². The molecule has 2 aromatic carbocycles. The number of benzene rings is 2. The van der Waals surface area contributed by atoms with Crippen molar-refractivity contribution in [1.82, 2.24) is 4.98 Å². The minimum Gasteiger partial charge on any atom is -0.454 e. The normalized spacial score (nSPS) is 11.3.